The van der Waals surface area contributed by atoms with Crippen LogP contribution in [-0.2, 0) is 17.9 Å². The summed E-state index contributed by atoms with van der Waals surface area (Å²) in [6.07, 6.45) is 1.60. The molecule has 22 heavy (non-hydrogen) atoms. The van der Waals surface area contributed by atoms with Gasteiger partial charge in [0.15, 0.2) is 0 Å². The number of hydrogen-bond donors (Lipinski definition) is 1. The van der Waals surface area contributed by atoms with Crippen molar-refractivity contribution >= 4 is 5.91 Å². The molecule has 0 unspecified atom stereocenters. The highest BCUT2D eigenvalue weighted by Crippen LogP contribution is 2.13. The Kier molecular flexibility index (Phi) is 6.03. The molecule has 0 aliphatic carbocycles. The summed E-state index contributed by atoms with van der Waals surface area (Å²) in [5, 5.41) is 2.83. The maximum Gasteiger partial charge on any atom is 0.234 e. The van der Waals surface area contributed by atoms with Gasteiger partial charge in [-0.25, -0.2) is 0 Å². The maximum absolute atomic E-state index is 11.9. The molecule has 0 fully saturated rings. The second kappa shape index (κ2) is 8.24. The fraction of sp³-hybridized carbons (Fsp3) is 0.353. The lowest BCUT2D eigenvalue weighted by Crippen LogP contribution is -2.34. The van der Waals surface area contributed by atoms with Gasteiger partial charge in [0.05, 0.1) is 26.0 Å². The third kappa shape index (κ3) is 5.26. The van der Waals surface area contributed by atoms with Crippen LogP contribution in [0.15, 0.2) is 47.1 Å². The zero-order chi connectivity index (χ0) is 15.8. The third-order valence-electron chi connectivity index (χ3n) is 3.14. The molecule has 1 amide bonds. The molecule has 0 radical (unpaired) electrons. The van der Waals surface area contributed by atoms with Gasteiger partial charge in [0.1, 0.15) is 11.5 Å². The number of carbonyl (C=O) groups excluding carboxylic acids is 1. The summed E-state index contributed by atoms with van der Waals surface area (Å²) in [4.78, 5) is 13.8. The van der Waals surface area contributed by atoms with Crippen LogP contribution in [0.3, 0.4) is 0 Å². The van der Waals surface area contributed by atoms with Gasteiger partial charge in [-0.3, -0.25) is 9.69 Å². The number of furan rings is 1. The molecule has 0 saturated heterocycles. The highest BCUT2D eigenvalue weighted by atomic mass is 16.5. The molecule has 2 aromatic rings. The SMILES string of the molecule is CCOc1ccc(CN(C)CC(=O)NCc2ccco2)cc1. The first-order chi connectivity index (χ1) is 10.7. The van der Waals surface area contributed by atoms with Crippen molar-refractivity contribution in [1.29, 1.82) is 0 Å². The molecule has 0 aliphatic rings. The van der Waals surface area contributed by atoms with E-state index < -0.39 is 0 Å². The number of amides is 1. The lowest BCUT2D eigenvalue weighted by Gasteiger charge is -2.16. The molecule has 2 rings (SSSR count). The lowest BCUT2D eigenvalue weighted by atomic mass is 10.2. The van der Waals surface area contributed by atoms with Crippen LogP contribution >= 0.6 is 0 Å². The van der Waals surface area contributed by atoms with Crippen LogP contribution < -0.4 is 10.1 Å². The number of likely N-dealkylation sites (N-methyl/N-ethyl adjacent to an activating group) is 1. The third-order valence-corrected chi connectivity index (χ3v) is 3.14. The van der Waals surface area contributed by atoms with E-state index in [0.717, 1.165) is 17.1 Å². The number of benzene rings is 1. The minimum Gasteiger partial charge on any atom is -0.494 e. The highest BCUT2D eigenvalue weighted by molar-refractivity contribution is 5.77. The molecule has 0 atom stereocenters. The summed E-state index contributed by atoms with van der Waals surface area (Å²) in [6, 6.07) is 11.6. The Morgan fingerprint density at radius 2 is 2.05 bits per heavy atom. The second-order valence-electron chi connectivity index (χ2n) is 5.11. The minimum absolute atomic E-state index is 0.0233. The molecule has 1 N–H and O–H groups in total. The first kappa shape index (κ1) is 16.1. The van der Waals surface area contributed by atoms with Gasteiger partial charge in [-0.2, -0.15) is 0 Å². The Bertz CT molecular complexity index is 564. The Hall–Kier alpha value is -2.27. The predicted octanol–water partition coefficient (Wildman–Crippen LogP) is 2.43. The van der Waals surface area contributed by atoms with Crippen LogP contribution in [0, 0.1) is 0 Å². The number of ether oxygens (including phenoxy) is 1. The van der Waals surface area contributed by atoms with Gasteiger partial charge < -0.3 is 14.5 Å². The molecule has 118 valence electrons. The van der Waals surface area contributed by atoms with E-state index in [0.29, 0.717) is 26.2 Å². The molecular formula is C17H22N2O3. The van der Waals surface area contributed by atoms with E-state index in [1.807, 2.05) is 49.2 Å². The molecule has 0 bridgehead atoms. The van der Waals surface area contributed by atoms with E-state index in [9.17, 15) is 4.79 Å². The molecule has 1 aromatic heterocycles. The summed E-state index contributed by atoms with van der Waals surface area (Å²) in [7, 11) is 1.92. The van der Waals surface area contributed by atoms with Crippen LogP contribution in [0.5, 0.6) is 5.75 Å². The van der Waals surface area contributed by atoms with E-state index in [2.05, 4.69) is 5.32 Å². The lowest BCUT2D eigenvalue weighted by molar-refractivity contribution is -0.122. The number of nitrogens with one attached hydrogen (secondary N) is 1. The Balaban J connectivity index is 1.74. The molecule has 5 heteroatoms. The summed E-state index contributed by atoms with van der Waals surface area (Å²) in [5.74, 6) is 1.59. The zero-order valence-corrected chi connectivity index (χ0v) is 13.0. The van der Waals surface area contributed by atoms with Crippen molar-refractivity contribution < 1.29 is 13.9 Å². The number of carbonyl (C=O) groups is 1. The number of hydrogen-bond acceptors (Lipinski definition) is 4. The minimum atomic E-state index is -0.0233. The van der Waals surface area contributed by atoms with Crippen molar-refractivity contribution in [3.63, 3.8) is 0 Å². The molecular weight excluding hydrogens is 280 g/mol. The van der Waals surface area contributed by atoms with Gasteiger partial charge in [0, 0.05) is 6.54 Å². The van der Waals surface area contributed by atoms with Crippen molar-refractivity contribution in [2.75, 3.05) is 20.2 Å². The fourth-order valence-corrected chi connectivity index (χ4v) is 2.13. The fourth-order valence-electron chi connectivity index (χ4n) is 2.13. The molecule has 5 nitrogen and oxygen atoms in total. The highest BCUT2D eigenvalue weighted by Gasteiger charge is 2.08. The Morgan fingerprint density at radius 1 is 1.27 bits per heavy atom. The van der Waals surface area contributed by atoms with E-state index >= 15 is 0 Å². The molecule has 0 aliphatic heterocycles. The summed E-state index contributed by atoms with van der Waals surface area (Å²) in [6.45, 7) is 4.09. The average molecular weight is 302 g/mol. The molecule has 1 heterocycles. The Morgan fingerprint density at radius 3 is 2.68 bits per heavy atom. The van der Waals surface area contributed by atoms with Crippen LogP contribution in [0.25, 0.3) is 0 Å². The van der Waals surface area contributed by atoms with Crippen molar-refractivity contribution in [2.24, 2.45) is 0 Å². The van der Waals surface area contributed by atoms with Gasteiger partial charge in [0.25, 0.3) is 0 Å². The van der Waals surface area contributed by atoms with Crippen LogP contribution in [-0.4, -0.2) is 31.0 Å². The monoisotopic (exact) mass is 302 g/mol. The van der Waals surface area contributed by atoms with E-state index in [1.165, 1.54) is 0 Å². The normalized spacial score (nSPS) is 10.7. The summed E-state index contributed by atoms with van der Waals surface area (Å²) in [5.41, 5.74) is 1.14. The van der Waals surface area contributed by atoms with E-state index in [1.54, 1.807) is 12.3 Å². The van der Waals surface area contributed by atoms with Crippen molar-refractivity contribution in [1.82, 2.24) is 10.2 Å². The second-order valence-corrected chi connectivity index (χ2v) is 5.11. The molecule has 1 aromatic carbocycles. The largest absolute Gasteiger partial charge is 0.494 e. The standard InChI is InChI=1S/C17H22N2O3/c1-3-21-15-8-6-14(7-9-15)12-19(2)13-17(20)18-11-16-5-4-10-22-16/h4-10H,3,11-13H2,1-2H3,(H,18,20). The van der Waals surface area contributed by atoms with Crippen LogP contribution in [0.1, 0.15) is 18.2 Å². The quantitative estimate of drug-likeness (QED) is 0.813. The topological polar surface area (TPSA) is 54.7 Å². The predicted molar refractivity (Wildman–Crippen MR) is 84.5 cm³/mol. The first-order valence-corrected chi connectivity index (χ1v) is 7.36. The van der Waals surface area contributed by atoms with Gasteiger partial charge in [0.2, 0.25) is 5.91 Å². The zero-order valence-electron chi connectivity index (χ0n) is 13.0. The van der Waals surface area contributed by atoms with E-state index in [-0.39, 0.29) is 5.91 Å². The summed E-state index contributed by atoms with van der Waals surface area (Å²) >= 11 is 0. The van der Waals surface area contributed by atoms with Gasteiger partial charge >= 0.3 is 0 Å². The smallest absolute Gasteiger partial charge is 0.234 e. The van der Waals surface area contributed by atoms with Crippen LogP contribution in [0.4, 0.5) is 0 Å². The number of rotatable bonds is 8. The maximum atomic E-state index is 11.9. The average Bonchev–Trinajstić information content (AvgIpc) is 3.01. The first-order valence-electron chi connectivity index (χ1n) is 7.36. The van der Waals surface area contributed by atoms with Crippen molar-refractivity contribution in [3.05, 3.63) is 54.0 Å². The molecule has 0 saturated carbocycles. The Labute approximate surface area is 130 Å². The summed E-state index contributed by atoms with van der Waals surface area (Å²) < 4.78 is 10.6. The molecule has 0 spiro atoms. The number of nitrogens with zero attached hydrogens (tertiary/aromatic N) is 1. The van der Waals surface area contributed by atoms with Gasteiger partial charge in [-0.15, -0.1) is 0 Å². The van der Waals surface area contributed by atoms with Crippen molar-refractivity contribution in [3.8, 4) is 5.75 Å². The van der Waals surface area contributed by atoms with Crippen LogP contribution in [0.2, 0.25) is 0 Å². The van der Waals surface area contributed by atoms with Crippen molar-refractivity contribution in [2.45, 2.75) is 20.0 Å². The van der Waals surface area contributed by atoms with Gasteiger partial charge in [-0.1, -0.05) is 12.1 Å². The van der Waals surface area contributed by atoms with Gasteiger partial charge in [-0.05, 0) is 43.8 Å². The van der Waals surface area contributed by atoms with E-state index in [4.69, 9.17) is 9.15 Å².